The van der Waals surface area contributed by atoms with Gasteiger partial charge in [-0.3, -0.25) is 4.98 Å². The number of carboxylic acids is 1. The third-order valence-electron chi connectivity index (χ3n) is 6.08. The van der Waals surface area contributed by atoms with E-state index in [1.165, 1.54) is 0 Å². The summed E-state index contributed by atoms with van der Waals surface area (Å²) in [5, 5.41) is 14.7. The van der Waals surface area contributed by atoms with Crippen molar-refractivity contribution >= 4 is 23.3 Å². The lowest BCUT2D eigenvalue weighted by Crippen LogP contribution is -2.28. The zero-order valence-corrected chi connectivity index (χ0v) is 22.8. The van der Waals surface area contributed by atoms with E-state index in [1.54, 1.807) is 52.0 Å². The molecule has 0 aliphatic rings. The van der Waals surface area contributed by atoms with Crippen LogP contribution in [0.1, 0.15) is 49.6 Å². The Morgan fingerprint density at radius 3 is 2.03 bits per heavy atom. The van der Waals surface area contributed by atoms with Gasteiger partial charge in [-0.15, -0.1) is 0 Å². The van der Waals surface area contributed by atoms with Crippen molar-refractivity contribution in [2.24, 2.45) is 0 Å². The van der Waals surface area contributed by atoms with Crippen molar-refractivity contribution in [3.63, 3.8) is 0 Å². The van der Waals surface area contributed by atoms with Crippen LogP contribution in [0.5, 0.6) is 0 Å². The van der Waals surface area contributed by atoms with E-state index in [0.29, 0.717) is 33.1 Å². The summed E-state index contributed by atoms with van der Waals surface area (Å²) in [5.74, 6) is -0.438. The largest absolute Gasteiger partial charge is 0.479 e. The first-order chi connectivity index (χ1) is 17.9. The number of ether oxygens (including phenoxy) is 1. The number of hydrogen-bond acceptors (Lipinski definition) is 5. The molecule has 0 aliphatic heterocycles. The van der Waals surface area contributed by atoms with Gasteiger partial charge in [0.25, 0.3) is 0 Å². The first-order valence-corrected chi connectivity index (χ1v) is 12.4. The number of halogens is 1. The predicted octanol–water partition coefficient (Wildman–Crippen LogP) is 8.14. The molecule has 0 radical (unpaired) electrons. The van der Waals surface area contributed by atoms with E-state index >= 15 is 0 Å². The summed E-state index contributed by atoms with van der Waals surface area (Å²) >= 11 is 6.15. The number of nitrogens with zero attached hydrogens (tertiary/aromatic N) is 3. The molecule has 194 valence electrons. The number of aromatic nitrogens is 2. The minimum atomic E-state index is -1.33. The maximum absolute atomic E-state index is 12.5. The molecular weight excluding hydrogens is 502 g/mol. The number of aliphatic carboxylic acids is 1. The number of rotatable bonds is 6. The fourth-order valence-electron chi connectivity index (χ4n) is 4.52. The molecule has 0 spiro atoms. The standard InChI is InChI=1S/C30H28ClN3O4/c1-16-24(28(29(35)36)37-30(4,5)6)25(20-12-14-22(31)15-13-20)27(32-7)26(33-16)21-10-8-19(9-11-21)23-17(2)34-38-18(23)3/h8-15,28H,1-6H3,(H,35,36)/t28-/m0/s1. The van der Waals surface area contributed by atoms with Gasteiger partial charge in [0.05, 0.1) is 23.6 Å². The van der Waals surface area contributed by atoms with E-state index in [-0.39, 0.29) is 5.69 Å². The van der Waals surface area contributed by atoms with E-state index in [4.69, 9.17) is 32.4 Å². The third kappa shape index (κ3) is 5.33. The molecule has 0 bridgehead atoms. The molecule has 0 unspecified atom stereocenters. The highest BCUT2D eigenvalue weighted by Gasteiger charge is 2.33. The van der Waals surface area contributed by atoms with Gasteiger partial charge in [0, 0.05) is 21.8 Å². The van der Waals surface area contributed by atoms with Gasteiger partial charge in [0.15, 0.2) is 6.10 Å². The van der Waals surface area contributed by atoms with Crippen molar-refractivity contribution in [2.45, 2.75) is 53.2 Å². The average Bonchev–Trinajstić information content (AvgIpc) is 3.19. The van der Waals surface area contributed by atoms with Crippen LogP contribution in [0, 0.1) is 27.3 Å². The third-order valence-corrected chi connectivity index (χ3v) is 6.33. The van der Waals surface area contributed by atoms with Gasteiger partial charge < -0.3 is 14.4 Å². The van der Waals surface area contributed by atoms with Gasteiger partial charge in [-0.1, -0.05) is 53.2 Å². The van der Waals surface area contributed by atoms with Crippen molar-refractivity contribution < 1.29 is 19.2 Å². The predicted molar refractivity (Wildman–Crippen MR) is 147 cm³/mol. The first-order valence-electron chi connectivity index (χ1n) is 12.0. The van der Waals surface area contributed by atoms with Crippen LogP contribution in [0.25, 0.3) is 38.4 Å². The van der Waals surface area contributed by atoms with Crippen LogP contribution in [0.2, 0.25) is 5.02 Å². The molecule has 1 N–H and O–H groups in total. The molecule has 0 saturated carbocycles. The molecule has 4 rings (SSSR count). The highest BCUT2D eigenvalue weighted by Crippen LogP contribution is 2.45. The van der Waals surface area contributed by atoms with Gasteiger partial charge in [0.1, 0.15) is 5.76 Å². The Kier molecular flexibility index (Phi) is 7.41. The molecule has 0 aliphatic carbocycles. The molecule has 0 fully saturated rings. The summed E-state index contributed by atoms with van der Waals surface area (Å²) in [4.78, 5) is 21.1. The summed E-state index contributed by atoms with van der Waals surface area (Å²) in [6.07, 6.45) is -1.33. The SMILES string of the molecule is [C-]#[N+]c1c(-c2ccc(-c3c(C)noc3C)cc2)nc(C)c([C@H](OC(C)(C)C)C(=O)O)c1-c1ccc(Cl)cc1. The Labute approximate surface area is 226 Å². The molecule has 0 saturated heterocycles. The van der Waals surface area contributed by atoms with Gasteiger partial charge >= 0.3 is 5.97 Å². The van der Waals surface area contributed by atoms with E-state index in [9.17, 15) is 9.90 Å². The maximum Gasteiger partial charge on any atom is 0.337 e. The zero-order valence-electron chi connectivity index (χ0n) is 22.1. The van der Waals surface area contributed by atoms with Crippen LogP contribution in [-0.4, -0.2) is 26.8 Å². The molecular formula is C30H28ClN3O4. The topological polar surface area (TPSA) is 89.8 Å². The Balaban J connectivity index is 1.97. The Morgan fingerprint density at radius 2 is 1.53 bits per heavy atom. The van der Waals surface area contributed by atoms with E-state index in [0.717, 1.165) is 28.1 Å². The van der Waals surface area contributed by atoms with Crippen LogP contribution < -0.4 is 0 Å². The Morgan fingerprint density at radius 1 is 0.974 bits per heavy atom. The molecule has 1 atom stereocenters. The second-order valence-electron chi connectivity index (χ2n) is 10.0. The van der Waals surface area contributed by atoms with Crippen molar-refractivity contribution in [1.29, 1.82) is 0 Å². The summed E-state index contributed by atoms with van der Waals surface area (Å²) in [6.45, 7) is 19.0. The zero-order chi connectivity index (χ0) is 27.8. The molecule has 7 nitrogen and oxygen atoms in total. The number of hydrogen-bond donors (Lipinski definition) is 1. The molecule has 2 aromatic carbocycles. The number of carbonyl (C=O) groups is 1. The lowest BCUT2D eigenvalue weighted by molar-refractivity contribution is -0.160. The van der Waals surface area contributed by atoms with Crippen molar-refractivity contribution in [1.82, 2.24) is 10.1 Å². The van der Waals surface area contributed by atoms with Crippen LogP contribution in [0.3, 0.4) is 0 Å². The average molecular weight is 530 g/mol. The quantitative estimate of drug-likeness (QED) is 0.253. The number of pyridine rings is 1. The van der Waals surface area contributed by atoms with E-state index < -0.39 is 17.7 Å². The summed E-state index contributed by atoms with van der Waals surface area (Å²) in [6, 6.07) is 14.6. The second-order valence-corrected chi connectivity index (χ2v) is 10.5. The van der Waals surface area contributed by atoms with Gasteiger partial charge in [-0.2, -0.15) is 0 Å². The smallest absolute Gasteiger partial charge is 0.337 e. The van der Waals surface area contributed by atoms with Crippen LogP contribution in [0.15, 0.2) is 53.1 Å². The molecule has 8 heteroatoms. The second kappa shape index (κ2) is 10.4. The highest BCUT2D eigenvalue weighted by molar-refractivity contribution is 6.30. The van der Waals surface area contributed by atoms with Crippen LogP contribution in [0.4, 0.5) is 5.69 Å². The van der Waals surface area contributed by atoms with Crippen molar-refractivity contribution in [3.05, 3.63) is 87.7 Å². The van der Waals surface area contributed by atoms with E-state index in [1.807, 2.05) is 38.1 Å². The molecule has 0 amide bonds. The molecule has 2 aromatic heterocycles. The Hall–Kier alpha value is -3.99. The van der Waals surface area contributed by atoms with Crippen molar-refractivity contribution in [2.75, 3.05) is 0 Å². The fourth-order valence-corrected chi connectivity index (χ4v) is 4.65. The Bertz CT molecular complexity index is 1520. The van der Waals surface area contributed by atoms with Gasteiger partial charge in [0.2, 0.25) is 5.69 Å². The number of aryl methyl sites for hydroxylation is 3. The van der Waals surface area contributed by atoms with Crippen LogP contribution >= 0.6 is 11.6 Å². The summed E-state index contributed by atoms with van der Waals surface area (Å²) in [5.41, 5.74) is 5.23. The fraction of sp³-hybridized carbons (Fsp3) is 0.267. The molecule has 2 heterocycles. The summed E-state index contributed by atoms with van der Waals surface area (Å²) < 4.78 is 11.3. The maximum atomic E-state index is 12.5. The molecule has 4 aromatic rings. The monoisotopic (exact) mass is 529 g/mol. The number of benzene rings is 2. The first kappa shape index (κ1) is 27.1. The minimum absolute atomic E-state index is 0.238. The summed E-state index contributed by atoms with van der Waals surface area (Å²) in [7, 11) is 0. The lowest BCUT2D eigenvalue weighted by atomic mass is 9.90. The highest BCUT2D eigenvalue weighted by atomic mass is 35.5. The number of carboxylic acid groups (broad SMARTS) is 1. The molecule has 38 heavy (non-hydrogen) atoms. The minimum Gasteiger partial charge on any atom is -0.479 e. The van der Waals surface area contributed by atoms with Crippen LogP contribution in [-0.2, 0) is 9.53 Å². The lowest BCUT2D eigenvalue weighted by Gasteiger charge is -2.28. The van der Waals surface area contributed by atoms with Gasteiger partial charge in [-0.05, 0) is 75.9 Å². The normalized spacial score (nSPS) is 12.3. The van der Waals surface area contributed by atoms with E-state index in [2.05, 4.69) is 10.0 Å². The van der Waals surface area contributed by atoms with Gasteiger partial charge in [-0.25, -0.2) is 9.64 Å². The van der Waals surface area contributed by atoms with Crippen molar-refractivity contribution in [3.8, 4) is 33.5 Å².